The molecule has 2 amide bonds. The zero-order valence-corrected chi connectivity index (χ0v) is 12.3. The van der Waals surface area contributed by atoms with Crippen LogP contribution in [0.25, 0.3) is 0 Å². The van der Waals surface area contributed by atoms with Crippen LogP contribution in [0.1, 0.15) is 23.7 Å². The lowest BCUT2D eigenvalue weighted by atomic mass is 10.2. The van der Waals surface area contributed by atoms with Crippen molar-refractivity contribution in [3.8, 4) is 0 Å². The van der Waals surface area contributed by atoms with Gasteiger partial charge in [0, 0.05) is 6.61 Å². The Morgan fingerprint density at radius 1 is 1.29 bits per heavy atom. The van der Waals surface area contributed by atoms with Gasteiger partial charge in [0.15, 0.2) is 5.11 Å². The number of thiocarbonyl (C=S) groups is 1. The number of amides is 2. The van der Waals surface area contributed by atoms with Crippen molar-refractivity contribution in [3.63, 3.8) is 0 Å². The zero-order chi connectivity index (χ0) is 15.7. The summed E-state index contributed by atoms with van der Waals surface area (Å²) in [5.74, 6) is -1.70. The number of hydrogen-bond acceptors (Lipinski definition) is 4. The average molecular weight is 313 g/mol. The van der Waals surface area contributed by atoms with Crippen LogP contribution in [0.5, 0.6) is 0 Å². The molecular formula is C13H16FN3O3S. The van der Waals surface area contributed by atoms with Crippen molar-refractivity contribution < 1.29 is 18.7 Å². The number of benzene rings is 1. The molecule has 6 nitrogen and oxygen atoms in total. The van der Waals surface area contributed by atoms with Gasteiger partial charge >= 0.3 is 0 Å². The van der Waals surface area contributed by atoms with E-state index in [0.29, 0.717) is 13.2 Å². The van der Waals surface area contributed by atoms with Gasteiger partial charge in [-0.1, -0.05) is 12.1 Å². The van der Waals surface area contributed by atoms with Crippen LogP contribution < -0.4 is 16.2 Å². The van der Waals surface area contributed by atoms with Gasteiger partial charge in [0.1, 0.15) is 5.82 Å². The highest BCUT2D eigenvalue weighted by molar-refractivity contribution is 7.80. The maximum atomic E-state index is 13.4. The molecular weight excluding hydrogens is 297 g/mol. The van der Waals surface area contributed by atoms with Crippen molar-refractivity contribution >= 4 is 29.1 Å². The van der Waals surface area contributed by atoms with Crippen molar-refractivity contribution in [2.75, 3.05) is 13.2 Å². The number of nitrogens with one attached hydrogen (secondary N) is 3. The topological polar surface area (TPSA) is 79.5 Å². The summed E-state index contributed by atoms with van der Waals surface area (Å²) < 4.78 is 18.4. The highest BCUT2D eigenvalue weighted by atomic mass is 32.1. The molecule has 0 aliphatic rings. The van der Waals surface area contributed by atoms with Gasteiger partial charge in [-0.05, 0) is 31.3 Å². The van der Waals surface area contributed by atoms with Crippen LogP contribution in [0.4, 0.5) is 4.39 Å². The lowest BCUT2D eigenvalue weighted by Crippen LogP contribution is -2.48. The number of ether oxygens (including phenoxy) is 1. The van der Waals surface area contributed by atoms with E-state index in [1.165, 1.54) is 24.3 Å². The molecule has 1 rings (SSSR count). The van der Waals surface area contributed by atoms with Crippen LogP contribution in [0.3, 0.4) is 0 Å². The summed E-state index contributed by atoms with van der Waals surface area (Å²) in [6.45, 7) is 2.64. The fourth-order valence-corrected chi connectivity index (χ4v) is 1.49. The number of carbonyl (C=O) groups is 2. The molecule has 1 aromatic rings. The minimum Gasteiger partial charge on any atom is -0.381 e. The summed E-state index contributed by atoms with van der Waals surface area (Å²) in [7, 11) is 0. The lowest BCUT2D eigenvalue weighted by Gasteiger charge is -2.11. The number of carbonyl (C=O) groups excluding carboxylic acids is 2. The Morgan fingerprint density at radius 2 is 2.00 bits per heavy atom. The Bertz CT molecular complexity index is 525. The number of rotatable bonds is 5. The summed E-state index contributed by atoms with van der Waals surface area (Å²) >= 11 is 4.82. The number of halogens is 1. The van der Waals surface area contributed by atoms with E-state index >= 15 is 0 Å². The number of hydrogen-bond donors (Lipinski definition) is 3. The van der Waals surface area contributed by atoms with Gasteiger partial charge < -0.3 is 4.74 Å². The van der Waals surface area contributed by atoms with Crippen molar-refractivity contribution in [1.29, 1.82) is 0 Å². The van der Waals surface area contributed by atoms with Gasteiger partial charge in [0.2, 0.25) is 5.91 Å². The van der Waals surface area contributed by atoms with Gasteiger partial charge in [-0.3, -0.25) is 25.8 Å². The molecule has 3 N–H and O–H groups in total. The van der Waals surface area contributed by atoms with E-state index in [9.17, 15) is 14.0 Å². The molecule has 1 aromatic carbocycles. The summed E-state index contributed by atoms with van der Waals surface area (Å²) in [5, 5.41) is 2.12. The summed E-state index contributed by atoms with van der Waals surface area (Å²) in [5.41, 5.74) is 4.51. The van der Waals surface area contributed by atoms with Crippen LogP contribution in [-0.4, -0.2) is 30.1 Å². The third-order valence-corrected chi connectivity index (χ3v) is 2.54. The van der Waals surface area contributed by atoms with Crippen LogP contribution in [0.15, 0.2) is 24.3 Å². The van der Waals surface area contributed by atoms with E-state index in [-0.39, 0.29) is 23.0 Å². The Balaban J connectivity index is 2.35. The minimum absolute atomic E-state index is 0.131. The largest absolute Gasteiger partial charge is 0.381 e. The van der Waals surface area contributed by atoms with Gasteiger partial charge in [0.25, 0.3) is 5.91 Å². The molecule has 0 aliphatic heterocycles. The maximum Gasteiger partial charge on any atom is 0.260 e. The minimum atomic E-state index is -0.700. The Hall–Kier alpha value is -2.06. The molecule has 0 aromatic heterocycles. The predicted octanol–water partition coefficient (Wildman–Crippen LogP) is 0.888. The average Bonchev–Trinajstić information content (AvgIpc) is 2.46. The molecule has 0 heterocycles. The Kier molecular flexibility index (Phi) is 7.27. The van der Waals surface area contributed by atoms with E-state index in [4.69, 9.17) is 17.0 Å². The molecule has 0 atom stereocenters. The molecule has 21 heavy (non-hydrogen) atoms. The van der Waals surface area contributed by atoms with Crippen LogP contribution >= 0.6 is 12.2 Å². The van der Waals surface area contributed by atoms with E-state index in [1.807, 2.05) is 6.92 Å². The Labute approximate surface area is 127 Å². The molecule has 0 radical (unpaired) electrons. The second-order valence-corrected chi connectivity index (χ2v) is 4.29. The third kappa shape index (κ3) is 6.28. The first kappa shape index (κ1) is 17.0. The molecule has 8 heteroatoms. The first-order valence-electron chi connectivity index (χ1n) is 6.27. The monoisotopic (exact) mass is 313 g/mol. The number of hydrazine groups is 1. The van der Waals surface area contributed by atoms with Crippen molar-refractivity contribution in [1.82, 2.24) is 16.2 Å². The second kappa shape index (κ2) is 8.98. The van der Waals surface area contributed by atoms with Gasteiger partial charge in [-0.15, -0.1) is 0 Å². The molecule has 114 valence electrons. The highest BCUT2D eigenvalue weighted by Crippen LogP contribution is 2.05. The fraction of sp³-hybridized carbons (Fsp3) is 0.308. The normalized spacial score (nSPS) is 9.81. The highest BCUT2D eigenvalue weighted by Gasteiger charge is 2.12. The summed E-state index contributed by atoms with van der Waals surface area (Å²) in [6, 6.07) is 5.50. The van der Waals surface area contributed by atoms with E-state index < -0.39 is 11.7 Å². The Morgan fingerprint density at radius 3 is 2.67 bits per heavy atom. The van der Waals surface area contributed by atoms with E-state index in [1.54, 1.807) is 0 Å². The molecule has 0 spiro atoms. The SMILES string of the molecule is CCOCCC(=O)NNC(=S)NC(=O)c1ccccc1F. The van der Waals surface area contributed by atoms with Crippen LogP contribution in [0.2, 0.25) is 0 Å². The summed E-state index contributed by atoms with van der Waals surface area (Å²) in [6.07, 6.45) is 0.157. The molecule has 0 fully saturated rings. The quantitative estimate of drug-likeness (QED) is 0.427. The summed E-state index contributed by atoms with van der Waals surface area (Å²) in [4.78, 5) is 23.1. The molecule has 0 unspecified atom stereocenters. The zero-order valence-electron chi connectivity index (χ0n) is 11.4. The van der Waals surface area contributed by atoms with E-state index in [2.05, 4.69) is 16.2 Å². The van der Waals surface area contributed by atoms with Crippen molar-refractivity contribution in [3.05, 3.63) is 35.6 Å². The maximum absolute atomic E-state index is 13.4. The van der Waals surface area contributed by atoms with Crippen molar-refractivity contribution in [2.45, 2.75) is 13.3 Å². The standard InChI is InChI=1S/C13H16FN3O3S/c1-2-20-8-7-11(18)16-17-13(21)15-12(19)9-5-3-4-6-10(9)14/h3-6H,2,7-8H2,1H3,(H,16,18)(H2,15,17,19,21). The smallest absolute Gasteiger partial charge is 0.260 e. The first-order valence-corrected chi connectivity index (χ1v) is 6.67. The third-order valence-electron chi connectivity index (χ3n) is 2.34. The van der Waals surface area contributed by atoms with Crippen molar-refractivity contribution in [2.24, 2.45) is 0 Å². The molecule has 0 aliphatic carbocycles. The lowest BCUT2D eigenvalue weighted by molar-refractivity contribution is -0.122. The van der Waals surface area contributed by atoms with Gasteiger partial charge in [-0.2, -0.15) is 0 Å². The van der Waals surface area contributed by atoms with Gasteiger partial charge in [0.05, 0.1) is 18.6 Å². The molecule has 0 saturated carbocycles. The van der Waals surface area contributed by atoms with Gasteiger partial charge in [-0.25, -0.2) is 4.39 Å². The fourth-order valence-electron chi connectivity index (χ4n) is 1.35. The predicted molar refractivity (Wildman–Crippen MR) is 78.9 cm³/mol. The molecule has 0 bridgehead atoms. The van der Waals surface area contributed by atoms with Crippen LogP contribution in [0, 0.1) is 5.82 Å². The second-order valence-electron chi connectivity index (χ2n) is 3.88. The first-order chi connectivity index (χ1) is 10.0. The van der Waals surface area contributed by atoms with Crippen LogP contribution in [-0.2, 0) is 9.53 Å². The molecule has 0 saturated heterocycles. The van der Waals surface area contributed by atoms with E-state index in [0.717, 1.165) is 0 Å².